The van der Waals surface area contributed by atoms with Crippen LogP contribution in [0.4, 0.5) is 0 Å². The quantitative estimate of drug-likeness (QED) is 0.861. The van der Waals surface area contributed by atoms with E-state index in [9.17, 15) is 4.79 Å². The average molecular weight is 278 g/mol. The van der Waals surface area contributed by atoms with Gasteiger partial charge in [-0.3, -0.25) is 4.79 Å². The number of carbonyl (C=O) groups excluding carboxylic acids is 1. The van der Waals surface area contributed by atoms with Gasteiger partial charge in [0.1, 0.15) is 0 Å². The molecular weight excluding hydrogens is 256 g/mol. The van der Waals surface area contributed by atoms with Gasteiger partial charge in [0.05, 0.1) is 0 Å². The molecule has 104 valence electrons. The standard InChI is InChI=1S/C15H22N2OS/c1-17(15(18)12-5-6-13(16)9-12)10-11-3-7-14(19-2)8-4-11/h3-4,7-8,12-13H,5-6,9-10,16H2,1-2H3. The summed E-state index contributed by atoms with van der Waals surface area (Å²) in [7, 11) is 1.88. The maximum atomic E-state index is 12.3. The summed E-state index contributed by atoms with van der Waals surface area (Å²) in [6.07, 6.45) is 4.82. The van der Waals surface area contributed by atoms with Gasteiger partial charge < -0.3 is 10.6 Å². The minimum absolute atomic E-state index is 0.130. The highest BCUT2D eigenvalue weighted by atomic mass is 32.2. The first-order chi connectivity index (χ1) is 9.10. The molecule has 1 aliphatic rings. The van der Waals surface area contributed by atoms with E-state index in [0.717, 1.165) is 19.3 Å². The molecule has 0 saturated heterocycles. The molecule has 0 heterocycles. The van der Waals surface area contributed by atoms with Crippen molar-refractivity contribution in [2.75, 3.05) is 13.3 Å². The van der Waals surface area contributed by atoms with Crippen molar-refractivity contribution in [3.63, 3.8) is 0 Å². The zero-order valence-corrected chi connectivity index (χ0v) is 12.5. The first-order valence-corrected chi connectivity index (χ1v) is 7.96. The largest absolute Gasteiger partial charge is 0.341 e. The summed E-state index contributed by atoms with van der Waals surface area (Å²) in [6, 6.07) is 8.60. The van der Waals surface area contributed by atoms with E-state index >= 15 is 0 Å². The van der Waals surface area contributed by atoms with Crippen LogP contribution < -0.4 is 5.73 Å². The Labute approximate surface area is 119 Å². The molecule has 1 amide bonds. The number of carbonyl (C=O) groups is 1. The highest BCUT2D eigenvalue weighted by molar-refractivity contribution is 7.98. The van der Waals surface area contributed by atoms with E-state index in [0.29, 0.717) is 6.54 Å². The zero-order valence-electron chi connectivity index (χ0n) is 11.6. The Bertz CT molecular complexity index is 432. The lowest BCUT2D eigenvalue weighted by Gasteiger charge is -2.21. The SMILES string of the molecule is CSc1ccc(CN(C)C(=O)C2CCC(N)C2)cc1. The van der Waals surface area contributed by atoms with Gasteiger partial charge in [-0.1, -0.05) is 12.1 Å². The van der Waals surface area contributed by atoms with E-state index in [-0.39, 0.29) is 17.9 Å². The highest BCUT2D eigenvalue weighted by Crippen LogP contribution is 2.26. The van der Waals surface area contributed by atoms with Gasteiger partial charge in [0, 0.05) is 30.4 Å². The lowest BCUT2D eigenvalue weighted by Crippen LogP contribution is -2.32. The van der Waals surface area contributed by atoms with E-state index in [1.165, 1.54) is 10.5 Å². The minimum Gasteiger partial charge on any atom is -0.341 e. The van der Waals surface area contributed by atoms with Crippen LogP contribution in [0.3, 0.4) is 0 Å². The van der Waals surface area contributed by atoms with E-state index in [2.05, 4.69) is 30.5 Å². The predicted octanol–water partition coefficient (Wildman–Crippen LogP) is 2.49. The fourth-order valence-corrected chi connectivity index (χ4v) is 3.04. The van der Waals surface area contributed by atoms with Crippen LogP contribution in [0.5, 0.6) is 0 Å². The van der Waals surface area contributed by atoms with Gasteiger partial charge in [-0.2, -0.15) is 0 Å². The van der Waals surface area contributed by atoms with Crippen molar-refractivity contribution in [2.45, 2.75) is 36.7 Å². The molecule has 1 aliphatic carbocycles. The van der Waals surface area contributed by atoms with Crippen LogP contribution in [0.1, 0.15) is 24.8 Å². The molecule has 4 heteroatoms. The Kier molecular flexibility index (Phi) is 4.88. The number of nitrogens with zero attached hydrogens (tertiary/aromatic N) is 1. The Balaban J connectivity index is 1.92. The number of nitrogens with two attached hydrogens (primary N) is 1. The average Bonchev–Trinajstić information content (AvgIpc) is 2.85. The lowest BCUT2D eigenvalue weighted by molar-refractivity contribution is -0.134. The van der Waals surface area contributed by atoms with Gasteiger partial charge in [0.15, 0.2) is 0 Å². The Hall–Kier alpha value is -1.00. The third kappa shape index (κ3) is 3.74. The normalized spacial score (nSPS) is 22.5. The van der Waals surface area contributed by atoms with Crippen LogP contribution in [0.15, 0.2) is 29.2 Å². The van der Waals surface area contributed by atoms with E-state index in [4.69, 9.17) is 5.73 Å². The minimum atomic E-state index is 0.130. The van der Waals surface area contributed by atoms with Crippen molar-refractivity contribution in [1.82, 2.24) is 4.90 Å². The van der Waals surface area contributed by atoms with Crippen molar-refractivity contribution in [3.05, 3.63) is 29.8 Å². The predicted molar refractivity (Wildman–Crippen MR) is 80.0 cm³/mol. The summed E-state index contributed by atoms with van der Waals surface area (Å²) in [4.78, 5) is 15.4. The molecule has 0 aromatic heterocycles. The number of benzene rings is 1. The second-order valence-corrected chi connectivity index (χ2v) is 6.19. The van der Waals surface area contributed by atoms with Gasteiger partial charge in [-0.25, -0.2) is 0 Å². The molecule has 1 aromatic rings. The summed E-state index contributed by atoms with van der Waals surface area (Å²) in [5.74, 6) is 0.368. The molecule has 1 fully saturated rings. The molecule has 1 saturated carbocycles. The molecule has 0 spiro atoms. The van der Waals surface area contributed by atoms with Crippen LogP contribution in [0.2, 0.25) is 0 Å². The number of hydrogen-bond acceptors (Lipinski definition) is 3. The summed E-state index contributed by atoms with van der Waals surface area (Å²) in [5.41, 5.74) is 7.05. The third-order valence-electron chi connectivity index (χ3n) is 3.78. The molecule has 2 rings (SSSR count). The molecule has 0 radical (unpaired) electrons. The molecule has 2 N–H and O–H groups in total. The highest BCUT2D eigenvalue weighted by Gasteiger charge is 2.29. The van der Waals surface area contributed by atoms with Gasteiger partial charge in [0.25, 0.3) is 0 Å². The summed E-state index contributed by atoms with van der Waals surface area (Å²) in [5, 5.41) is 0. The number of amides is 1. The molecular formula is C15H22N2OS. The van der Waals surface area contributed by atoms with Gasteiger partial charge in [0.2, 0.25) is 5.91 Å². The van der Waals surface area contributed by atoms with Crippen LogP contribution in [-0.2, 0) is 11.3 Å². The molecule has 0 bridgehead atoms. The zero-order chi connectivity index (χ0) is 13.8. The second kappa shape index (κ2) is 6.44. The van der Waals surface area contributed by atoms with Crippen molar-refractivity contribution < 1.29 is 4.79 Å². The summed E-state index contributed by atoms with van der Waals surface area (Å²) < 4.78 is 0. The monoisotopic (exact) mass is 278 g/mol. The lowest BCUT2D eigenvalue weighted by atomic mass is 10.1. The molecule has 3 nitrogen and oxygen atoms in total. The fourth-order valence-electron chi connectivity index (χ4n) is 2.64. The molecule has 0 aliphatic heterocycles. The first kappa shape index (κ1) is 14.4. The van der Waals surface area contributed by atoms with Crippen LogP contribution in [0.25, 0.3) is 0 Å². The van der Waals surface area contributed by atoms with Crippen molar-refractivity contribution in [1.29, 1.82) is 0 Å². The molecule has 2 unspecified atom stereocenters. The fraction of sp³-hybridized carbons (Fsp3) is 0.533. The summed E-state index contributed by atoms with van der Waals surface area (Å²) in [6.45, 7) is 0.680. The molecule has 1 aromatic carbocycles. The van der Waals surface area contributed by atoms with Crippen LogP contribution in [-0.4, -0.2) is 30.2 Å². The van der Waals surface area contributed by atoms with Crippen LogP contribution >= 0.6 is 11.8 Å². The third-order valence-corrected chi connectivity index (χ3v) is 4.52. The Morgan fingerprint density at radius 2 is 2.05 bits per heavy atom. The van der Waals surface area contributed by atoms with Gasteiger partial charge in [-0.15, -0.1) is 11.8 Å². The van der Waals surface area contributed by atoms with Gasteiger partial charge >= 0.3 is 0 Å². The van der Waals surface area contributed by atoms with E-state index < -0.39 is 0 Å². The first-order valence-electron chi connectivity index (χ1n) is 6.73. The Morgan fingerprint density at radius 1 is 1.37 bits per heavy atom. The van der Waals surface area contributed by atoms with E-state index in [1.54, 1.807) is 11.8 Å². The van der Waals surface area contributed by atoms with Crippen molar-refractivity contribution in [3.8, 4) is 0 Å². The number of rotatable bonds is 4. The van der Waals surface area contributed by atoms with Crippen molar-refractivity contribution in [2.24, 2.45) is 11.7 Å². The molecule has 19 heavy (non-hydrogen) atoms. The maximum absolute atomic E-state index is 12.3. The van der Waals surface area contributed by atoms with E-state index in [1.807, 2.05) is 11.9 Å². The van der Waals surface area contributed by atoms with Crippen LogP contribution in [0, 0.1) is 5.92 Å². The maximum Gasteiger partial charge on any atom is 0.225 e. The van der Waals surface area contributed by atoms with Crippen molar-refractivity contribution >= 4 is 17.7 Å². The number of thioether (sulfide) groups is 1. The van der Waals surface area contributed by atoms with Gasteiger partial charge in [-0.05, 0) is 43.2 Å². The second-order valence-electron chi connectivity index (χ2n) is 5.31. The smallest absolute Gasteiger partial charge is 0.225 e. The topological polar surface area (TPSA) is 46.3 Å². The molecule has 2 atom stereocenters. The Morgan fingerprint density at radius 3 is 2.58 bits per heavy atom. The number of hydrogen-bond donors (Lipinski definition) is 1. The summed E-state index contributed by atoms with van der Waals surface area (Å²) >= 11 is 1.73.